The first-order valence-electron chi connectivity index (χ1n) is 6.75. The first-order chi connectivity index (χ1) is 9.93. The molecule has 0 spiro atoms. The Labute approximate surface area is 123 Å². The molecule has 1 aromatic carbocycles. The molecule has 1 amide bonds. The molecule has 0 atom stereocenters. The Morgan fingerprint density at radius 1 is 1.43 bits per heavy atom. The molecule has 0 aliphatic carbocycles. The first kappa shape index (κ1) is 16.9. The van der Waals surface area contributed by atoms with E-state index in [-0.39, 0.29) is 24.0 Å². The molecule has 0 fully saturated rings. The van der Waals surface area contributed by atoms with Gasteiger partial charge in [0, 0.05) is 19.7 Å². The van der Waals surface area contributed by atoms with Crippen molar-refractivity contribution >= 4 is 11.6 Å². The second kappa shape index (κ2) is 8.21. The van der Waals surface area contributed by atoms with E-state index in [1.54, 1.807) is 6.07 Å². The molecule has 0 saturated heterocycles. The van der Waals surface area contributed by atoms with Crippen molar-refractivity contribution in [3.8, 4) is 5.75 Å². The van der Waals surface area contributed by atoms with Gasteiger partial charge in [-0.1, -0.05) is 19.9 Å². The normalized spacial score (nSPS) is 10.5. The van der Waals surface area contributed by atoms with Gasteiger partial charge in [0.25, 0.3) is 5.91 Å². The number of nitrogens with one attached hydrogen (secondary N) is 2. The standard InChI is InChI=1S/C14H21N3O4/c1-10(2)7-16-8-11-4-5-13(12(6-11)17(19)20)21-9-14(18)15-3/h4-6,10,16H,7-9H2,1-3H3,(H,15,18). The van der Waals surface area contributed by atoms with Crippen molar-refractivity contribution in [3.05, 3.63) is 33.9 Å². The predicted octanol–water partition coefficient (Wildman–Crippen LogP) is 1.47. The Morgan fingerprint density at radius 2 is 2.14 bits per heavy atom. The number of nitro benzene ring substituents is 1. The van der Waals surface area contributed by atoms with Crippen LogP contribution < -0.4 is 15.4 Å². The quantitative estimate of drug-likeness (QED) is 0.559. The molecule has 7 nitrogen and oxygen atoms in total. The first-order valence-corrected chi connectivity index (χ1v) is 6.75. The van der Waals surface area contributed by atoms with Crippen LogP contribution in [-0.2, 0) is 11.3 Å². The van der Waals surface area contributed by atoms with Crippen molar-refractivity contribution in [2.45, 2.75) is 20.4 Å². The highest BCUT2D eigenvalue weighted by Crippen LogP contribution is 2.27. The van der Waals surface area contributed by atoms with Gasteiger partial charge in [-0.25, -0.2) is 0 Å². The molecule has 21 heavy (non-hydrogen) atoms. The SMILES string of the molecule is CNC(=O)COc1ccc(CNCC(C)C)cc1[N+](=O)[O-]. The fraction of sp³-hybridized carbons (Fsp3) is 0.500. The smallest absolute Gasteiger partial charge is 0.311 e. The Bertz CT molecular complexity index is 503. The largest absolute Gasteiger partial charge is 0.477 e. The Hall–Kier alpha value is -2.15. The molecule has 0 aromatic heterocycles. The summed E-state index contributed by atoms with van der Waals surface area (Å²) in [6.45, 7) is 5.32. The van der Waals surface area contributed by atoms with E-state index >= 15 is 0 Å². The number of ether oxygens (including phenoxy) is 1. The molecule has 116 valence electrons. The van der Waals surface area contributed by atoms with Gasteiger partial charge < -0.3 is 15.4 Å². The molecule has 1 aromatic rings. The van der Waals surface area contributed by atoms with Crippen LogP contribution in [0, 0.1) is 16.0 Å². The van der Waals surface area contributed by atoms with E-state index < -0.39 is 4.92 Å². The van der Waals surface area contributed by atoms with Crippen LogP contribution in [0.15, 0.2) is 18.2 Å². The van der Waals surface area contributed by atoms with Crippen LogP contribution in [0.2, 0.25) is 0 Å². The van der Waals surface area contributed by atoms with Crippen LogP contribution in [-0.4, -0.2) is 31.0 Å². The number of nitro groups is 1. The summed E-state index contributed by atoms with van der Waals surface area (Å²) in [6.07, 6.45) is 0. The maximum Gasteiger partial charge on any atom is 0.311 e. The zero-order chi connectivity index (χ0) is 15.8. The van der Waals surface area contributed by atoms with E-state index in [2.05, 4.69) is 24.5 Å². The van der Waals surface area contributed by atoms with E-state index in [0.29, 0.717) is 12.5 Å². The number of nitrogens with zero attached hydrogens (tertiary/aromatic N) is 1. The monoisotopic (exact) mass is 295 g/mol. The molecule has 0 bridgehead atoms. The lowest BCUT2D eigenvalue weighted by molar-refractivity contribution is -0.385. The Balaban J connectivity index is 2.76. The van der Waals surface area contributed by atoms with Crippen molar-refractivity contribution in [1.82, 2.24) is 10.6 Å². The predicted molar refractivity (Wildman–Crippen MR) is 79.2 cm³/mol. The number of carbonyl (C=O) groups excluding carboxylic acids is 1. The van der Waals surface area contributed by atoms with Crippen molar-refractivity contribution < 1.29 is 14.5 Å². The number of benzene rings is 1. The third-order valence-corrected chi connectivity index (χ3v) is 2.74. The molecule has 0 saturated carbocycles. The molecule has 0 aliphatic rings. The van der Waals surface area contributed by atoms with Gasteiger partial charge in [-0.3, -0.25) is 14.9 Å². The average molecular weight is 295 g/mol. The van der Waals surface area contributed by atoms with Crippen LogP contribution in [0.5, 0.6) is 5.75 Å². The van der Waals surface area contributed by atoms with Crippen LogP contribution in [0.1, 0.15) is 19.4 Å². The summed E-state index contributed by atoms with van der Waals surface area (Å²) >= 11 is 0. The van der Waals surface area contributed by atoms with Gasteiger partial charge in [-0.15, -0.1) is 0 Å². The van der Waals surface area contributed by atoms with E-state index in [1.807, 2.05) is 0 Å². The second-order valence-corrected chi connectivity index (χ2v) is 5.05. The van der Waals surface area contributed by atoms with E-state index in [0.717, 1.165) is 12.1 Å². The van der Waals surface area contributed by atoms with Gasteiger partial charge in [0.05, 0.1) is 4.92 Å². The van der Waals surface area contributed by atoms with Crippen molar-refractivity contribution in [2.75, 3.05) is 20.2 Å². The van der Waals surface area contributed by atoms with E-state index in [9.17, 15) is 14.9 Å². The number of likely N-dealkylation sites (N-methyl/N-ethyl adjacent to an activating group) is 1. The molecule has 1 rings (SSSR count). The summed E-state index contributed by atoms with van der Waals surface area (Å²) in [5, 5.41) is 16.7. The number of carbonyl (C=O) groups is 1. The number of amides is 1. The third-order valence-electron chi connectivity index (χ3n) is 2.74. The summed E-state index contributed by atoms with van der Waals surface area (Å²) < 4.78 is 5.17. The van der Waals surface area contributed by atoms with Crippen molar-refractivity contribution in [3.63, 3.8) is 0 Å². The lowest BCUT2D eigenvalue weighted by atomic mass is 10.1. The van der Waals surface area contributed by atoms with Gasteiger partial charge in [0.2, 0.25) is 0 Å². The second-order valence-electron chi connectivity index (χ2n) is 5.05. The van der Waals surface area contributed by atoms with Gasteiger partial charge in [-0.2, -0.15) is 0 Å². The van der Waals surface area contributed by atoms with Gasteiger partial charge in [-0.05, 0) is 24.1 Å². The van der Waals surface area contributed by atoms with E-state index in [4.69, 9.17) is 4.74 Å². The summed E-state index contributed by atoms with van der Waals surface area (Å²) in [7, 11) is 1.48. The molecule has 2 N–H and O–H groups in total. The highest BCUT2D eigenvalue weighted by molar-refractivity contribution is 5.77. The summed E-state index contributed by atoms with van der Waals surface area (Å²) in [5.41, 5.74) is 0.664. The van der Waals surface area contributed by atoms with Crippen molar-refractivity contribution in [2.24, 2.45) is 5.92 Å². The van der Waals surface area contributed by atoms with Crippen LogP contribution >= 0.6 is 0 Å². The molecule has 7 heteroatoms. The third kappa shape index (κ3) is 5.78. The van der Waals surface area contributed by atoms with Gasteiger partial charge in [0.15, 0.2) is 12.4 Å². The fourth-order valence-electron chi connectivity index (χ4n) is 1.66. The number of hydrogen-bond donors (Lipinski definition) is 2. The minimum absolute atomic E-state index is 0.0937. The fourth-order valence-corrected chi connectivity index (χ4v) is 1.66. The number of rotatable bonds is 8. The van der Waals surface area contributed by atoms with Crippen LogP contribution in [0.25, 0.3) is 0 Å². The maximum atomic E-state index is 11.1. The lowest BCUT2D eigenvalue weighted by Gasteiger charge is -2.09. The highest BCUT2D eigenvalue weighted by atomic mass is 16.6. The van der Waals surface area contributed by atoms with Crippen LogP contribution in [0.4, 0.5) is 5.69 Å². The van der Waals surface area contributed by atoms with Gasteiger partial charge >= 0.3 is 5.69 Å². The minimum atomic E-state index is -0.509. The lowest BCUT2D eigenvalue weighted by Crippen LogP contribution is -2.25. The molecular formula is C14H21N3O4. The molecule has 0 heterocycles. The molecule has 0 aliphatic heterocycles. The molecule has 0 radical (unpaired) electrons. The summed E-state index contributed by atoms with van der Waals surface area (Å²) in [6, 6.07) is 4.74. The average Bonchev–Trinajstić information content (AvgIpc) is 2.44. The molecule has 0 unspecified atom stereocenters. The summed E-state index contributed by atoms with van der Waals surface area (Å²) in [5.74, 6) is 0.262. The highest BCUT2D eigenvalue weighted by Gasteiger charge is 2.16. The zero-order valence-electron chi connectivity index (χ0n) is 12.5. The zero-order valence-corrected chi connectivity index (χ0v) is 12.5. The Morgan fingerprint density at radius 3 is 2.71 bits per heavy atom. The van der Waals surface area contributed by atoms with Gasteiger partial charge in [0.1, 0.15) is 0 Å². The topological polar surface area (TPSA) is 93.5 Å². The molecular weight excluding hydrogens is 274 g/mol. The maximum absolute atomic E-state index is 11.1. The number of hydrogen-bond acceptors (Lipinski definition) is 5. The van der Waals surface area contributed by atoms with Crippen LogP contribution in [0.3, 0.4) is 0 Å². The Kier molecular flexibility index (Phi) is 6.61. The van der Waals surface area contributed by atoms with E-state index in [1.165, 1.54) is 19.2 Å². The summed E-state index contributed by atoms with van der Waals surface area (Å²) in [4.78, 5) is 21.7. The minimum Gasteiger partial charge on any atom is -0.477 e. The van der Waals surface area contributed by atoms with Crippen molar-refractivity contribution in [1.29, 1.82) is 0 Å².